The molecule has 0 spiro atoms. The zero-order chi connectivity index (χ0) is 27.6. The minimum Gasteiger partial charge on any atom is 0 e. The van der Waals surface area contributed by atoms with E-state index in [0.717, 1.165) is 20.8 Å². The molecular formula is C26H19N4O6ReS-. The normalized spacial score (nSPS) is 9.13. The number of carboxylic acids is 1. The second kappa shape index (κ2) is 19.4. The van der Waals surface area contributed by atoms with Gasteiger partial charge in [-0.05, 0) is 48.5 Å². The van der Waals surface area contributed by atoms with E-state index in [1.165, 1.54) is 4.90 Å². The van der Waals surface area contributed by atoms with Gasteiger partial charge in [0.1, 0.15) is 5.01 Å². The molecule has 2 aromatic heterocycles. The molecule has 1 N–H and O–H groups in total. The van der Waals surface area contributed by atoms with Crippen LogP contribution in [0.5, 0.6) is 0 Å². The van der Waals surface area contributed by atoms with Crippen molar-refractivity contribution in [1.29, 1.82) is 0 Å². The molecule has 38 heavy (non-hydrogen) atoms. The minimum absolute atomic E-state index is 0. The molecule has 2 heterocycles. The van der Waals surface area contributed by atoms with Gasteiger partial charge in [-0.2, -0.15) is 0 Å². The second-order valence-corrected chi connectivity index (χ2v) is 7.98. The van der Waals surface area contributed by atoms with Crippen molar-refractivity contribution < 1.29 is 49.1 Å². The molecule has 0 aliphatic rings. The Morgan fingerprint density at radius 2 is 1.53 bits per heavy atom. The van der Waals surface area contributed by atoms with Crippen LogP contribution in [0, 0.1) is 20.0 Å². The van der Waals surface area contributed by atoms with E-state index in [-0.39, 0.29) is 46.0 Å². The number of para-hydroxylation sites is 1. The largest absolute Gasteiger partial charge is 0 e. The van der Waals surface area contributed by atoms with Gasteiger partial charge in [-0.15, -0.1) is 11.3 Å². The number of pyridine rings is 1. The number of carboxylic acid groups (broad SMARTS) is 1. The minimum atomic E-state index is -1.25. The SMILES string of the molecule is O=C([O-])CN(CC(=O)Nc1ccc(-c2nc3ccccc3s2)cc1)Cc1ccccn1.[C-]#[O+].[C-]#[O+].[C-]#[O+].[Re]. The van der Waals surface area contributed by atoms with Crippen LogP contribution in [0.3, 0.4) is 0 Å². The van der Waals surface area contributed by atoms with Gasteiger partial charge in [0, 0.05) is 51.0 Å². The molecule has 0 aliphatic heterocycles. The van der Waals surface area contributed by atoms with Crippen molar-refractivity contribution in [3.05, 3.63) is 98.6 Å². The Hall–Kier alpha value is -3.74. The van der Waals surface area contributed by atoms with E-state index >= 15 is 0 Å². The van der Waals surface area contributed by atoms with E-state index in [1.54, 1.807) is 41.8 Å². The van der Waals surface area contributed by atoms with Crippen LogP contribution in [-0.4, -0.2) is 39.8 Å². The fourth-order valence-corrected chi connectivity index (χ4v) is 4.14. The smallest absolute Gasteiger partial charge is 0 e. The van der Waals surface area contributed by atoms with Crippen molar-refractivity contribution in [2.24, 2.45) is 0 Å². The number of anilines is 1. The van der Waals surface area contributed by atoms with Crippen molar-refractivity contribution in [3.8, 4) is 10.6 Å². The fraction of sp³-hybridized carbons (Fsp3) is 0.115. The van der Waals surface area contributed by atoms with Crippen LogP contribution in [-0.2, 0) is 50.5 Å². The molecule has 0 atom stereocenters. The van der Waals surface area contributed by atoms with Crippen LogP contribution in [0.2, 0.25) is 0 Å². The molecule has 0 saturated carbocycles. The summed E-state index contributed by atoms with van der Waals surface area (Å²) in [5.41, 5.74) is 3.23. The first-order valence-corrected chi connectivity index (χ1v) is 11.1. The summed E-state index contributed by atoms with van der Waals surface area (Å²) >= 11 is 1.61. The van der Waals surface area contributed by atoms with Gasteiger partial charge >= 0.3 is 33.9 Å². The fourth-order valence-electron chi connectivity index (χ4n) is 3.17. The standard InChI is InChI=1S/C23H20N4O3S.3CO.Re/c28-21(14-27(15-22(29)30)13-18-5-3-4-12-24-18)25-17-10-8-16(9-11-17)23-26-19-6-1-2-7-20(19)31-23;3*1-2;/h1-12H,13-15H2,(H,25,28)(H,29,30);;;;/p-1. The Bertz CT molecular complexity index is 1290. The van der Waals surface area contributed by atoms with E-state index in [2.05, 4.69) is 35.2 Å². The number of amides is 1. The first-order valence-electron chi connectivity index (χ1n) is 10.3. The molecule has 10 nitrogen and oxygen atoms in total. The Kier molecular flexibility index (Phi) is 17.5. The first-order chi connectivity index (χ1) is 18.1. The molecule has 12 heteroatoms. The van der Waals surface area contributed by atoms with Crippen molar-refractivity contribution in [2.75, 3.05) is 18.4 Å². The van der Waals surface area contributed by atoms with Crippen LogP contribution in [0.4, 0.5) is 5.69 Å². The predicted molar refractivity (Wildman–Crippen MR) is 130 cm³/mol. The van der Waals surface area contributed by atoms with Gasteiger partial charge in [-0.3, -0.25) is 14.7 Å². The number of benzene rings is 2. The molecular weight excluding hydrogens is 683 g/mol. The summed E-state index contributed by atoms with van der Waals surface area (Å²) in [6.07, 6.45) is 1.62. The topological polar surface area (TPSA) is 158 Å². The van der Waals surface area contributed by atoms with Crippen molar-refractivity contribution >= 4 is 39.1 Å². The molecule has 1 radical (unpaired) electrons. The summed E-state index contributed by atoms with van der Waals surface area (Å²) in [5.74, 6) is -1.56. The number of nitrogens with zero attached hydrogens (tertiary/aromatic N) is 3. The molecule has 4 rings (SSSR count). The van der Waals surface area contributed by atoms with Crippen molar-refractivity contribution in [1.82, 2.24) is 14.9 Å². The van der Waals surface area contributed by atoms with E-state index in [0.29, 0.717) is 11.4 Å². The Morgan fingerprint density at radius 3 is 2.11 bits per heavy atom. The monoisotopic (exact) mass is 702 g/mol. The number of nitrogens with one attached hydrogen (secondary N) is 1. The molecule has 0 saturated heterocycles. The summed E-state index contributed by atoms with van der Waals surface area (Å²) in [6.45, 7) is 13.3. The summed E-state index contributed by atoms with van der Waals surface area (Å²) in [6, 6.07) is 20.7. The van der Waals surface area contributed by atoms with Gasteiger partial charge < -0.3 is 15.2 Å². The number of hydrogen-bond donors (Lipinski definition) is 1. The average Bonchev–Trinajstić information content (AvgIpc) is 3.37. The third-order valence-electron chi connectivity index (χ3n) is 4.54. The Morgan fingerprint density at radius 1 is 0.895 bits per heavy atom. The number of fused-ring (bicyclic) bond motifs is 1. The van der Waals surface area contributed by atoms with Crippen molar-refractivity contribution in [3.63, 3.8) is 0 Å². The molecule has 2 aromatic carbocycles. The number of carbonyl (C=O) groups excluding carboxylic acids is 2. The number of hydrogen-bond acceptors (Lipinski definition) is 7. The van der Waals surface area contributed by atoms with Crippen molar-refractivity contribution in [2.45, 2.75) is 6.54 Å². The molecule has 1 amide bonds. The average molecular weight is 702 g/mol. The molecule has 193 valence electrons. The van der Waals surface area contributed by atoms with Crippen LogP contribution in [0.15, 0.2) is 72.9 Å². The molecule has 0 fully saturated rings. The third kappa shape index (κ3) is 11.1. The first kappa shape index (κ1) is 34.3. The van der Waals surface area contributed by atoms with Gasteiger partial charge in [-0.1, -0.05) is 18.2 Å². The summed E-state index contributed by atoms with van der Waals surface area (Å²) in [4.78, 5) is 33.8. The number of aromatic nitrogens is 2. The third-order valence-corrected chi connectivity index (χ3v) is 5.63. The van der Waals surface area contributed by atoms with Gasteiger partial charge in [-0.25, -0.2) is 4.98 Å². The van der Waals surface area contributed by atoms with Crippen LogP contribution in [0.1, 0.15) is 5.69 Å². The summed E-state index contributed by atoms with van der Waals surface area (Å²) in [7, 11) is 0. The summed E-state index contributed by atoms with van der Waals surface area (Å²) < 4.78 is 23.6. The van der Waals surface area contributed by atoms with Crippen LogP contribution < -0.4 is 10.4 Å². The van der Waals surface area contributed by atoms with Gasteiger partial charge in [0.2, 0.25) is 5.91 Å². The van der Waals surface area contributed by atoms with Gasteiger partial charge in [0.15, 0.2) is 0 Å². The number of aliphatic carboxylic acids is 1. The molecule has 0 aliphatic carbocycles. The Balaban J connectivity index is 0.00000183. The summed E-state index contributed by atoms with van der Waals surface area (Å²) in [5, 5.41) is 14.8. The van der Waals surface area contributed by atoms with Gasteiger partial charge in [0.05, 0.1) is 28.4 Å². The molecule has 0 bridgehead atoms. The second-order valence-electron chi connectivity index (χ2n) is 6.95. The van der Waals surface area contributed by atoms with E-state index in [1.807, 2.05) is 42.5 Å². The predicted octanol–water partition coefficient (Wildman–Crippen LogP) is 2.43. The maximum atomic E-state index is 12.5. The van der Waals surface area contributed by atoms with E-state index < -0.39 is 5.97 Å². The van der Waals surface area contributed by atoms with Crippen LogP contribution >= 0.6 is 11.3 Å². The molecule has 4 aromatic rings. The zero-order valence-corrected chi connectivity index (χ0v) is 23.2. The van der Waals surface area contributed by atoms with Gasteiger partial charge in [0.25, 0.3) is 0 Å². The maximum Gasteiger partial charge on any atom is 0 e. The number of carbonyl (C=O) groups is 2. The Labute approximate surface area is 236 Å². The quantitative estimate of drug-likeness (QED) is 0.220. The van der Waals surface area contributed by atoms with E-state index in [9.17, 15) is 14.7 Å². The van der Waals surface area contributed by atoms with Crippen LogP contribution in [0.25, 0.3) is 20.8 Å². The number of rotatable bonds is 8. The maximum absolute atomic E-state index is 12.5. The molecule has 0 unspecified atom stereocenters. The van der Waals surface area contributed by atoms with E-state index in [4.69, 9.17) is 14.0 Å². The number of thiazole rings is 1. The zero-order valence-electron chi connectivity index (χ0n) is 19.6.